The van der Waals surface area contributed by atoms with E-state index in [4.69, 9.17) is 0 Å². The van der Waals surface area contributed by atoms with E-state index in [-0.39, 0.29) is 16.7 Å². The molecule has 0 fully saturated rings. The highest BCUT2D eigenvalue weighted by Gasteiger charge is 2.35. The number of allylic oxidation sites excluding steroid dienone is 5. The van der Waals surface area contributed by atoms with E-state index in [1.54, 1.807) is 0 Å². The van der Waals surface area contributed by atoms with Crippen molar-refractivity contribution in [3.63, 3.8) is 0 Å². The molecule has 262 valence electrons. The zero-order valence-electron chi connectivity index (χ0n) is 32.3. The van der Waals surface area contributed by atoms with Crippen LogP contribution in [0.3, 0.4) is 0 Å². The van der Waals surface area contributed by atoms with Crippen LogP contribution < -0.4 is 0 Å². The van der Waals surface area contributed by atoms with E-state index in [1.807, 2.05) is 0 Å². The van der Waals surface area contributed by atoms with Gasteiger partial charge in [-0.1, -0.05) is 174 Å². The van der Waals surface area contributed by atoms with E-state index in [0.717, 1.165) is 6.42 Å². The minimum absolute atomic E-state index is 0.0532. The number of hydrogen-bond donors (Lipinski definition) is 0. The van der Waals surface area contributed by atoms with Crippen LogP contribution in [0.25, 0.3) is 39.0 Å². The second-order valence-corrected chi connectivity index (χ2v) is 16.7. The van der Waals surface area contributed by atoms with Gasteiger partial charge in [0, 0.05) is 11.3 Å². The largest absolute Gasteiger partial charge is 0.0732 e. The fourth-order valence-corrected chi connectivity index (χ4v) is 8.77. The standard InChI is InChI=1S/C53H50/c1-35-20-14-18-28-41(35)45-30-40-31-46-44(33-49(52(3,4)5)51(42-29-19-15-21-36(42)2)50(46)39-26-16-17-27-39)43(40)32-48(45)53(6,7)34-47(37-22-10-8-11-23-37)38-24-12-9-13-25-38/h8-30,32-34,39H,31H2,1-7H3. The molecule has 6 aromatic rings. The predicted octanol–water partition coefficient (Wildman–Crippen LogP) is 14.1. The van der Waals surface area contributed by atoms with E-state index >= 15 is 0 Å². The van der Waals surface area contributed by atoms with Gasteiger partial charge in [0.25, 0.3) is 0 Å². The molecular weight excluding hydrogens is 637 g/mol. The second-order valence-electron chi connectivity index (χ2n) is 16.7. The molecule has 0 spiro atoms. The lowest BCUT2D eigenvalue weighted by Crippen LogP contribution is -2.17. The Morgan fingerprint density at radius 3 is 1.64 bits per heavy atom. The maximum absolute atomic E-state index is 2.57. The molecule has 0 heteroatoms. The van der Waals surface area contributed by atoms with Crippen molar-refractivity contribution in [3.05, 3.63) is 208 Å². The first-order chi connectivity index (χ1) is 25.5. The Morgan fingerprint density at radius 1 is 0.547 bits per heavy atom. The summed E-state index contributed by atoms with van der Waals surface area (Å²) in [6.45, 7) is 16.5. The summed E-state index contributed by atoms with van der Waals surface area (Å²) in [6, 6.07) is 47.3. The highest BCUT2D eigenvalue weighted by Crippen LogP contribution is 2.52. The molecule has 0 N–H and O–H groups in total. The first kappa shape index (κ1) is 34.6. The summed E-state index contributed by atoms with van der Waals surface area (Å²) in [4.78, 5) is 0. The maximum atomic E-state index is 2.57. The van der Waals surface area contributed by atoms with E-state index < -0.39 is 0 Å². The van der Waals surface area contributed by atoms with Gasteiger partial charge in [-0.05, 0) is 133 Å². The summed E-state index contributed by atoms with van der Waals surface area (Å²) < 4.78 is 0. The zero-order chi connectivity index (χ0) is 36.9. The lowest BCUT2D eigenvalue weighted by Gasteiger charge is -2.30. The van der Waals surface area contributed by atoms with Crippen LogP contribution in [0.2, 0.25) is 0 Å². The fourth-order valence-electron chi connectivity index (χ4n) is 8.77. The van der Waals surface area contributed by atoms with Gasteiger partial charge >= 0.3 is 0 Å². The van der Waals surface area contributed by atoms with Crippen LogP contribution >= 0.6 is 0 Å². The second kappa shape index (κ2) is 13.5. The molecule has 0 aromatic heterocycles. The van der Waals surface area contributed by atoms with E-state index in [1.165, 1.54) is 89.0 Å². The van der Waals surface area contributed by atoms with Gasteiger partial charge in [-0.25, -0.2) is 0 Å². The Balaban J connectivity index is 1.42. The molecule has 0 saturated heterocycles. The van der Waals surface area contributed by atoms with Crippen LogP contribution in [-0.4, -0.2) is 0 Å². The van der Waals surface area contributed by atoms with Gasteiger partial charge in [0.05, 0.1) is 0 Å². The molecule has 0 saturated carbocycles. The van der Waals surface area contributed by atoms with Gasteiger partial charge in [0.2, 0.25) is 0 Å². The Kier molecular flexibility index (Phi) is 8.82. The monoisotopic (exact) mass is 686 g/mol. The predicted molar refractivity (Wildman–Crippen MR) is 228 cm³/mol. The van der Waals surface area contributed by atoms with Crippen LogP contribution in [0.4, 0.5) is 0 Å². The molecule has 8 rings (SSSR count). The van der Waals surface area contributed by atoms with Gasteiger partial charge < -0.3 is 0 Å². The van der Waals surface area contributed by atoms with E-state index in [2.05, 4.69) is 206 Å². The van der Waals surface area contributed by atoms with Crippen molar-refractivity contribution < 1.29 is 0 Å². The molecule has 0 atom stereocenters. The highest BCUT2D eigenvalue weighted by molar-refractivity contribution is 5.90. The molecule has 0 aliphatic heterocycles. The summed E-state index contributed by atoms with van der Waals surface area (Å²) >= 11 is 0. The third-order valence-electron chi connectivity index (χ3n) is 11.5. The molecular formula is C53H50. The molecule has 0 bridgehead atoms. The molecule has 53 heavy (non-hydrogen) atoms. The van der Waals surface area contributed by atoms with Crippen molar-refractivity contribution in [3.8, 4) is 33.4 Å². The summed E-state index contributed by atoms with van der Waals surface area (Å²) in [5.74, 6) is 0.240. The number of fused-ring (bicyclic) bond motifs is 3. The molecule has 0 amide bonds. The number of rotatable bonds is 7. The third kappa shape index (κ3) is 6.35. The fraction of sp³-hybridized carbons (Fsp3) is 0.208. The molecule has 0 unspecified atom stereocenters. The van der Waals surface area contributed by atoms with Gasteiger partial charge in [0.1, 0.15) is 0 Å². The maximum Gasteiger partial charge on any atom is 0.0214 e. The Bertz CT molecular complexity index is 2370. The van der Waals surface area contributed by atoms with Crippen molar-refractivity contribution in [1.29, 1.82) is 0 Å². The minimum Gasteiger partial charge on any atom is -0.0732 e. The highest BCUT2D eigenvalue weighted by atomic mass is 14.4. The average Bonchev–Trinajstić information content (AvgIpc) is 3.82. The van der Waals surface area contributed by atoms with Crippen molar-refractivity contribution in [2.45, 2.75) is 71.6 Å². The smallest absolute Gasteiger partial charge is 0.0214 e. The Hall–Kier alpha value is -5.46. The summed E-state index contributed by atoms with van der Waals surface area (Å²) in [6.07, 6.45) is 12.7. The first-order valence-corrected chi connectivity index (χ1v) is 19.2. The van der Waals surface area contributed by atoms with Crippen LogP contribution in [0, 0.1) is 13.8 Å². The van der Waals surface area contributed by atoms with Crippen molar-refractivity contribution >= 4 is 5.57 Å². The van der Waals surface area contributed by atoms with Crippen molar-refractivity contribution in [2.24, 2.45) is 0 Å². The SMILES string of the molecule is Cc1ccccc1-c1cc2c(cc1C(C)(C)C=C(c1ccccc1)c1ccccc1)-c1cc(C(C)(C)C)c(-c3ccccc3C)c(C3C=CC=C3)c1C2. The quantitative estimate of drug-likeness (QED) is 0.157. The van der Waals surface area contributed by atoms with Crippen LogP contribution in [0.1, 0.15) is 90.6 Å². The van der Waals surface area contributed by atoms with Gasteiger partial charge in [-0.3, -0.25) is 0 Å². The summed E-state index contributed by atoms with van der Waals surface area (Å²) in [5, 5.41) is 0. The van der Waals surface area contributed by atoms with Crippen molar-refractivity contribution in [1.82, 2.24) is 0 Å². The number of benzene rings is 6. The molecule has 2 aliphatic rings. The van der Waals surface area contributed by atoms with Crippen LogP contribution in [0.5, 0.6) is 0 Å². The van der Waals surface area contributed by atoms with Crippen LogP contribution in [-0.2, 0) is 17.3 Å². The molecule has 2 aliphatic carbocycles. The lowest BCUT2D eigenvalue weighted by molar-refractivity contribution is 0.591. The molecule has 0 radical (unpaired) electrons. The number of aryl methyl sites for hydroxylation is 2. The average molecular weight is 687 g/mol. The molecule has 0 heterocycles. The molecule has 0 nitrogen and oxygen atoms in total. The normalized spacial score (nSPS) is 13.6. The summed E-state index contributed by atoms with van der Waals surface area (Å²) in [5.41, 5.74) is 21.3. The lowest BCUT2D eigenvalue weighted by atomic mass is 9.73. The first-order valence-electron chi connectivity index (χ1n) is 19.2. The zero-order valence-corrected chi connectivity index (χ0v) is 32.3. The minimum atomic E-state index is -0.301. The topological polar surface area (TPSA) is 0 Å². The van der Waals surface area contributed by atoms with Gasteiger partial charge in [0.15, 0.2) is 0 Å². The molecule has 6 aromatic carbocycles. The van der Waals surface area contributed by atoms with Crippen LogP contribution in [0.15, 0.2) is 158 Å². The van der Waals surface area contributed by atoms with E-state index in [9.17, 15) is 0 Å². The third-order valence-corrected chi connectivity index (χ3v) is 11.5. The van der Waals surface area contributed by atoms with Crippen molar-refractivity contribution in [2.75, 3.05) is 0 Å². The van der Waals surface area contributed by atoms with Gasteiger partial charge in [-0.15, -0.1) is 0 Å². The Labute approximate surface area is 317 Å². The van der Waals surface area contributed by atoms with E-state index in [0.29, 0.717) is 0 Å². The number of hydrogen-bond acceptors (Lipinski definition) is 0. The van der Waals surface area contributed by atoms with Gasteiger partial charge in [-0.2, -0.15) is 0 Å². The Morgan fingerprint density at radius 2 is 1.08 bits per heavy atom. The summed E-state index contributed by atoms with van der Waals surface area (Å²) in [7, 11) is 0.